The molecule has 4 N–H and O–H groups in total. The van der Waals surface area contributed by atoms with Crippen molar-refractivity contribution < 1.29 is 89.6 Å². The first-order valence-electron chi connectivity index (χ1n) is 17.6. The molecule has 0 spiro atoms. The molecule has 2 aliphatic rings. The van der Waals surface area contributed by atoms with Gasteiger partial charge in [0.1, 0.15) is 6.10 Å². The van der Waals surface area contributed by atoms with E-state index < -0.39 is 0 Å². The molecule has 0 aromatic heterocycles. The number of aliphatic hydroxyl groups excluding tert-OH is 1. The minimum absolute atomic E-state index is 0. The van der Waals surface area contributed by atoms with E-state index in [0.29, 0.717) is 32.3 Å². The first kappa shape index (κ1) is 62.6. The number of nitrogens with two attached hydrogens (primary N) is 1. The van der Waals surface area contributed by atoms with E-state index in [1.807, 2.05) is 90.9 Å². The molecule has 2 saturated heterocycles. The Morgan fingerprint density at radius 1 is 0.788 bits per heavy atom. The molecular weight excluding hydrogens is 804 g/mol. The number of amides is 1. The van der Waals surface area contributed by atoms with Gasteiger partial charge in [-0.15, -0.1) is 0 Å². The van der Waals surface area contributed by atoms with E-state index in [1.165, 1.54) is 33.4 Å². The van der Waals surface area contributed by atoms with Gasteiger partial charge in [-0.1, -0.05) is 122 Å². The standard InChI is InChI=1S/C12H15NO2.C11H17NO.C8H11N.C3H6O.3C2H6.CHO.CH4.2Y/c1-9-5-3-4-6-11(9)8-13-7-10(2)15-12(13)14;1-9-5-3-4-6-11(9)8-12-7-10(2)13;1-7-4-2-3-5-8(7)6-9;1-3-2-4-3;4*1-2;;;/h3-6,10H,7-8H2,1-2H3;3-6,10,12-13H,7-8H2,1-2H3;2-5H,6,9H2,1H3;3H,2H2,1H3;3*1-2H3;1H;1H4;;/q;;;;;;;-1;;;. The predicted octanol–water partition coefficient (Wildman–Crippen LogP) is 9.10. The fourth-order valence-electron chi connectivity index (χ4n) is 3.95. The number of ether oxygens (including phenoxy) is 2. The molecule has 2 aliphatic heterocycles. The second kappa shape index (κ2) is 42.4. The molecule has 3 unspecified atom stereocenters. The van der Waals surface area contributed by atoms with Crippen LogP contribution in [-0.4, -0.2) is 60.9 Å². The maximum atomic E-state index is 11.4. The van der Waals surface area contributed by atoms with Gasteiger partial charge in [-0.2, -0.15) is 0 Å². The fourth-order valence-corrected chi connectivity index (χ4v) is 3.95. The molecule has 292 valence electrons. The van der Waals surface area contributed by atoms with Gasteiger partial charge in [0, 0.05) is 91.6 Å². The van der Waals surface area contributed by atoms with Crippen molar-refractivity contribution in [3.05, 3.63) is 106 Å². The number of aryl methyl sites for hydroxylation is 3. The number of nitrogens with zero attached hydrogens (tertiary/aromatic N) is 1. The molecule has 2 fully saturated rings. The van der Waals surface area contributed by atoms with Gasteiger partial charge >= 0.3 is 6.09 Å². The number of carbonyl (C=O) groups is 1. The molecule has 3 aromatic rings. The Morgan fingerprint density at radius 2 is 1.15 bits per heavy atom. The van der Waals surface area contributed by atoms with Crippen molar-refractivity contribution in [1.82, 2.24) is 10.2 Å². The normalized spacial score (nSPS) is 14.3. The number of hydrogen-bond acceptors (Lipinski definition) is 7. The third-order valence-corrected chi connectivity index (χ3v) is 6.66. The van der Waals surface area contributed by atoms with Crippen molar-refractivity contribution in [2.75, 3.05) is 19.7 Å². The minimum Gasteiger partial charge on any atom is -0.545 e. The van der Waals surface area contributed by atoms with E-state index in [1.54, 1.807) is 11.8 Å². The summed E-state index contributed by atoms with van der Waals surface area (Å²) in [6, 6.07) is 24.5. The van der Waals surface area contributed by atoms with Crippen molar-refractivity contribution >= 4 is 12.9 Å². The number of carbonyl (C=O) groups excluding carboxylic acids is 2. The maximum Gasteiger partial charge on any atom is 0.410 e. The van der Waals surface area contributed by atoms with E-state index in [2.05, 4.69) is 70.1 Å². The zero-order valence-corrected chi connectivity index (χ0v) is 39.4. The average Bonchev–Trinajstić information content (AvgIpc) is 3.85. The minimum atomic E-state index is -0.274. The van der Waals surface area contributed by atoms with Crippen LogP contribution in [0.2, 0.25) is 0 Å². The summed E-state index contributed by atoms with van der Waals surface area (Å²) in [5, 5.41) is 12.2. The number of aliphatic hydroxyl groups is 1. The van der Waals surface area contributed by atoms with Gasteiger partial charge in [0.05, 0.1) is 25.4 Å². The number of cyclic esters (lactones) is 1. The summed E-state index contributed by atoms with van der Waals surface area (Å²) in [5.74, 6) is 0. The predicted molar refractivity (Wildman–Crippen MR) is 214 cm³/mol. The van der Waals surface area contributed by atoms with Crippen LogP contribution in [0.15, 0.2) is 72.8 Å². The molecule has 10 heteroatoms. The van der Waals surface area contributed by atoms with Crippen LogP contribution in [0.5, 0.6) is 0 Å². The summed E-state index contributed by atoms with van der Waals surface area (Å²) in [5.41, 5.74) is 12.9. The Kier molecular flexibility index (Phi) is 51.1. The summed E-state index contributed by atoms with van der Waals surface area (Å²) in [4.78, 5) is 20.9. The van der Waals surface area contributed by atoms with Gasteiger partial charge in [0.25, 0.3) is 0 Å². The number of rotatable bonds is 7. The van der Waals surface area contributed by atoms with Crippen LogP contribution in [0.25, 0.3) is 0 Å². The monoisotopic (exact) mass is 876 g/mol. The van der Waals surface area contributed by atoms with Gasteiger partial charge in [0.15, 0.2) is 0 Å². The molecule has 0 aliphatic carbocycles. The largest absolute Gasteiger partial charge is 0.545 e. The maximum absolute atomic E-state index is 11.4. The van der Waals surface area contributed by atoms with Crippen LogP contribution < -0.4 is 11.1 Å². The molecule has 2 heterocycles. The molecule has 2 radical (unpaired) electrons. The van der Waals surface area contributed by atoms with Crippen LogP contribution in [0, 0.1) is 20.8 Å². The SMILES string of the molecule is C.CC.CC.CC.CC1CO1.Cc1ccccc1CN.Cc1ccccc1CN1CC(C)OC1=O.Cc1ccccc1CNCC(C)O.[CH-]=O.[Y].[Y]. The number of epoxide rings is 1. The number of benzene rings is 3. The summed E-state index contributed by atoms with van der Waals surface area (Å²) in [6.45, 7) is 31.7. The van der Waals surface area contributed by atoms with Gasteiger partial charge in [-0.25, -0.2) is 4.79 Å². The topological polar surface area (TPSA) is 117 Å². The molecule has 1 amide bonds. The van der Waals surface area contributed by atoms with Crippen molar-refractivity contribution in [3.63, 3.8) is 0 Å². The van der Waals surface area contributed by atoms with Gasteiger partial charge in [-0.05, 0) is 74.9 Å². The van der Waals surface area contributed by atoms with Crippen LogP contribution in [-0.2, 0) is 99.3 Å². The van der Waals surface area contributed by atoms with Crippen molar-refractivity contribution in [3.8, 4) is 0 Å². The van der Waals surface area contributed by atoms with Gasteiger partial charge in [0.2, 0.25) is 0 Å². The van der Waals surface area contributed by atoms with Crippen molar-refractivity contribution in [1.29, 1.82) is 0 Å². The first-order chi connectivity index (χ1) is 23.6. The Bertz CT molecular complexity index is 1210. The van der Waals surface area contributed by atoms with Gasteiger partial charge < -0.3 is 35.3 Å². The summed E-state index contributed by atoms with van der Waals surface area (Å²) >= 11 is 0. The van der Waals surface area contributed by atoms with E-state index in [0.717, 1.165) is 13.2 Å². The van der Waals surface area contributed by atoms with Gasteiger partial charge in [-0.3, -0.25) is 6.79 Å². The van der Waals surface area contributed by atoms with Crippen LogP contribution >= 0.6 is 0 Å². The fraction of sp³-hybridized carbons (Fsp3) is 0.524. The Balaban J connectivity index is -0.000000131. The van der Waals surface area contributed by atoms with E-state index >= 15 is 0 Å². The molecule has 3 atom stereocenters. The number of hydrogen-bond donors (Lipinski definition) is 3. The zero-order chi connectivity index (χ0) is 38.2. The Morgan fingerprint density at radius 3 is 1.44 bits per heavy atom. The Labute approximate surface area is 369 Å². The summed E-state index contributed by atoms with van der Waals surface area (Å²) in [6.07, 6.45) is 0.122. The zero-order valence-electron chi connectivity index (χ0n) is 33.7. The molecule has 0 bridgehead atoms. The third kappa shape index (κ3) is 32.1. The Hall–Kier alpha value is -1.35. The molecule has 8 nitrogen and oxygen atoms in total. The van der Waals surface area contributed by atoms with Crippen molar-refractivity contribution in [2.24, 2.45) is 5.73 Å². The quantitative estimate of drug-likeness (QED) is 0.123. The molecular formula is C42H72N3O5Y2-. The van der Waals surface area contributed by atoms with Crippen molar-refractivity contribution in [2.45, 2.75) is 128 Å². The first-order valence-corrected chi connectivity index (χ1v) is 17.6. The summed E-state index contributed by atoms with van der Waals surface area (Å²) in [7, 11) is 0. The van der Waals surface area contributed by atoms with E-state index in [-0.39, 0.29) is 91.1 Å². The summed E-state index contributed by atoms with van der Waals surface area (Å²) < 4.78 is 9.78. The molecule has 3 aromatic carbocycles. The smallest absolute Gasteiger partial charge is 0.410 e. The average molecular weight is 877 g/mol. The molecule has 5 rings (SSSR count). The third-order valence-electron chi connectivity index (χ3n) is 6.66. The molecule has 52 heavy (non-hydrogen) atoms. The number of nitrogens with one attached hydrogen (secondary N) is 1. The second-order valence-corrected chi connectivity index (χ2v) is 10.7. The molecule has 0 saturated carbocycles. The van der Waals surface area contributed by atoms with E-state index in [4.69, 9.17) is 25.1 Å². The van der Waals surface area contributed by atoms with Crippen LogP contribution in [0.1, 0.15) is 103 Å². The van der Waals surface area contributed by atoms with E-state index in [9.17, 15) is 4.79 Å². The van der Waals surface area contributed by atoms with Crippen LogP contribution in [0.4, 0.5) is 4.79 Å². The second-order valence-electron chi connectivity index (χ2n) is 10.7. The van der Waals surface area contributed by atoms with Crippen LogP contribution in [0.3, 0.4) is 0 Å².